The van der Waals surface area contributed by atoms with Crippen molar-refractivity contribution < 1.29 is 14.3 Å². The molecule has 1 heterocycles. The number of benzene rings is 1. The number of hydrogen-bond donors (Lipinski definition) is 1. The molecule has 0 aliphatic carbocycles. The summed E-state index contributed by atoms with van der Waals surface area (Å²) in [6.45, 7) is 3.03. The van der Waals surface area contributed by atoms with Crippen LogP contribution in [0.5, 0.6) is 0 Å². The van der Waals surface area contributed by atoms with E-state index >= 15 is 0 Å². The fourth-order valence-corrected chi connectivity index (χ4v) is 2.72. The number of anilines is 1. The van der Waals surface area contributed by atoms with E-state index in [-0.39, 0.29) is 22.9 Å². The predicted molar refractivity (Wildman–Crippen MR) is 86.1 cm³/mol. The van der Waals surface area contributed by atoms with Gasteiger partial charge in [-0.25, -0.2) is 4.79 Å². The van der Waals surface area contributed by atoms with Crippen molar-refractivity contribution >= 4 is 29.3 Å². The van der Waals surface area contributed by atoms with Gasteiger partial charge in [-0.1, -0.05) is 11.6 Å². The van der Waals surface area contributed by atoms with Crippen molar-refractivity contribution in [1.82, 2.24) is 4.90 Å². The van der Waals surface area contributed by atoms with Crippen molar-refractivity contribution in [1.29, 1.82) is 5.26 Å². The average molecular weight is 336 g/mol. The Morgan fingerprint density at radius 2 is 2.30 bits per heavy atom. The molecule has 0 spiro atoms. The van der Waals surface area contributed by atoms with Gasteiger partial charge >= 0.3 is 12.0 Å². The van der Waals surface area contributed by atoms with Crippen molar-refractivity contribution in [2.24, 2.45) is 5.92 Å². The summed E-state index contributed by atoms with van der Waals surface area (Å²) in [6.07, 6.45) is 1.48. The van der Waals surface area contributed by atoms with Gasteiger partial charge < -0.3 is 15.0 Å². The SMILES string of the molecule is CCOC(=O)[C@H]1CCCN(C(=O)Nc2ccc(C#N)c(Cl)c2)C1. The topological polar surface area (TPSA) is 82.4 Å². The van der Waals surface area contributed by atoms with Crippen LogP contribution >= 0.6 is 11.6 Å². The molecule has 1 saturated heterocycles. The van der Waals surface area contributed by atoms with Crippen molar-refractivity contribution in [2.45, 2.75) is 19.8 Å². The molecule has 23 heavy (non-hydrogen) atoms. The van der Waals surface area contributed by atoms with E-state index in [0.29, 0.717) is 30.9 Å². The number of carbonyl (C=O) groups excluding carboxylic acids is 2. The molecule has 6 nitrogen and oxygen atoms in total. The summed E-state index contributed by atoms with van der Waals surface area (Å²) in [7, 11) is 0. The highest BCUT2D eigenvalue weighted by Crippen LogP contribution is 2.22. The summed E-state index contributed by atoms with van der Waals surface area (Å²) in [4.78, 5) is 25.7. The van der Waals surface area contributed by atoms with Gasteiger partial charge in [0.05, 0.1) is 23.1 Å². The van der Waals surface area contributed by atoms with E-state index in [1.165, 1.54) is 6.07 Å². The molecule has 1 atom stereocenters. The second-order valence-electron chi connectivity index (χ2n) is 5.27. The lowest BCUT2D eigenvalue weighted by Crippen LogP contribution is -2.44. The third-order valence-electron chi connectivity index (χ3n) is 3.67. The first-order valence-corrected chi connectivity index (χ1v) is 7.85. The van der Waals surface area contributed by atoms with Crippen molar-refractivity contribution in [3.8, 4) is 6.07 Å². The Bertz CT molecular complexity index is 642. The minimum absolute atomic E-state index is 0.258. The van der Waals surface area contributed by atoms with Gasteiger partial charge in [0.1, 0.15) is 6.07 Å². The molecule has 0 saturated carbocycles. The highest BCUT2D eigenvalue weighted by molar-refractivity contribution is 6.32. The molecule has 1 N–H and O–H groups in total. The van der Waals surface area contributed by atoms with Crippen LogP contribution in [0.3, 0.4) is 0 Å². The van der Waals surface area contributed by atoms with Crippen molar-refractivity contribution in [3.63, 3.8) is 0 Å². The largest absolute Gasteiger partial charge is 0.466 e. The Hall–Kier alpha value is -2.26. The first-order valence-electron chi connectivity index (χ1n) is 7.47. The minimum atomic E-state index is -0.292. The summed E-state index contributed by atoms with van der Waals surface area (Å²) < 4.78 is 5.02. The van der Waals surface area contributed by atoms with Gasteiger partial charge in [0.15, 0.2) is 0 Å². The molecule has 0 bridgehead atoms. The lowest BCUT2D eigenvalue weighted by Gasteiger charge is -2.31. The van der Waals surface area contributed by atoms with Crippen LogP contribution in [0.1, 0.15) is 25.3 Å². The Morgan fingerprint density at radius 3 is 2.96 bits per heavy atom. The molecule has 0 radical (unpaired) electrons. The van der Waals surface area contributed by atoms with E-state index in [9.17, 15) is 9.59 Å². The average Bonchev–Trinajstić information content (AvgIpc) is 2.55. The van der Waals surface area contributed by atoms with Gasteiger partial charge in [-0.15, -0.1) is 0 Å². The number of nitrogens with one attached hydrogen (secondary N) is 1. The molecule has 1 aromatic carbocycles. The summed E-state index contributed by atoms with van der Waals surface area (Å²) >= 11 is 5.95. The Morgan fingerprint density at radius 1 is 1.52 bits per heavy atom. The lowest BCUT2D eigenvalue weighted by atomic mass is 9.98. The van der Waals surface area contributed by atoms with Crippen LogP contribution in [0, 0.1) is 17.2 Å². The number of halogens is 1. The Labute approximate surface area is 140 Å². The fourth-order valence-electron chi connectivity index (χ4n) is 2.50. The van der Waals surface area contributed by atoms with E-state index in [4.69, 9.17) is 21.6 Å². The number of rotatable bonds is 3. The number of hydrogen-bond acceptors (Lipinski definition) is 4. The number of nitriles is 1. The summed E-state index contributed by atoms with van der Waals surface area (Å²) in [5.74, 6) is -0.537. The van der Waals surface area contributed by atoms with Crippen LogP contribution in [0.15, 0.2) is 18.2 Å². The van der Waals surface area contributed by atoms with E-state index in [1.807, 2.05) is 6.07 Å². The number of ether oxygens (including phenoxy) is 1. The van der Waals surface area contributed by atoms with Gasteiger partial charge in [0.2, 0.25) is 0 Å². The number of urea groups is 1. The lowest BCUT2D eigenvalue weighted by molar-refractivity contribution is -0.149. The first-order chi connectivity index (χ1) is 11.0. The van der Waals surface area contributed by atoms with Gasteiger partial charge in [0, 0.05) is 18.8 Å². The fraction of sp³-hybridized carbons (Fsp3) is 0.438. The predicted octanol–water partition coefficient (Wildman–Crippen LogP) is 3.02. The van der Waals surface area contributed by atoms with Crippen LogP contribution in [-0.2, 0) is 9.53 Å². The number of piperidine rings is 1. The van der Waals surface area contributed by atoms with Crippen LogP contribution in [0.4, 0.5) is 10.5 Å². The molecule has 1 aliphatic rings. The van der Waals surface area contributed by atoms with Gasteiger partial charge in [-0.05, 0) is 38.0 Å². The van der Waals surface area contributed by atoms with E-state index in [2.05, 4.69) is 5.32 Å². The number of amides is 2. The van der Waals surface area contributed by atoms with Crippen LogP contribution in [0.25, 0.3) is 0 Å². The van der Waals surface area contributed by atoms with E-state index < -0.39 is 0 Å². The first kappa shape index (κ1) is 17.1. The molecule has 0 aromatic heterocycles. The Balaban J connectivity index is 1.99. The number of carbonyl (C=O) groups is 2. The third kappa shape index (κ3) is 4.36. The Kier molecular flexibility index (Phi) is 5.83. The monoisotopic (exact) mass is 335 g/mol. The van der Waals surface area contributed by atoms with Crippen molar-refractivity contribution in [3.05, 3.63) is 28.8 Å². The number of likely N-dealkylation sites (tertiary alicyclic amines) is 1. The highest BCUT2D eigenvalue weighted by atomic mass is 35.5. The van der Waals surface area contributed by atoms with Crippen LogP contribution < -0.4 is 5.32 Å². The highest BCUT2D eigenvalue weighted by Gasteiger charge is 2.29. The van der Waals surface area contributed by atoms with Crippen molar-refractivity contribution in [2.75, 3.05) is 25.0 Å². The molecule has 1 aromatic rings. The maximum Gasteiger partial charge on any atom is 0.321 e. The van der Waals surface area contributed by atoms with Gasteiger partial charge in [0.25, 0.3) is 0 Å². The molecule has 7 heteroatoms. The summed E-state index contributed by atoms with van der Waals surface area (Å²) in [5.41, 5.74) is 0.863. The molecule has 1 fully saturated rings. The van der Waals surface area contributed by atoms with Gasteiger partial charge in [-0.2, -0.15) is 5.26 Å². The van der Waals surface area contributed by atoms with Gasteiger partial charge in [-0.3, -0.25) is 4.79 Å². The number of esters is 1. The summed E-state index contributed by atoms with van der Waals surface area (Å²) in [6, 6.07) is 6.37. The standard InChI is InChI=1S/C16H18ClN3O3/c1-2-23-15(21)12-4-3-7-20(10-12)16(22)19-13-6-5-11(9-18)14(17)8-13/h5-6,8,12H,2-4,7,10H2,1H3,(H,19,22)/t12-/m0/s1. The second-order valence-corrected chi connectivity index (χ2v) is 5.68. The molecular weight excluding hydrogens is 318 g/mol. The normalized spacial score (nSPS) is 17.3. The molecule has 2 rings (SSSR count). The molecule has 0 unspecified atom stereocenters. The zero-order chi connectivity index (χ0) is 16.8. The van der Waals surface area contributed by atoms with E-state index in [1.54, 1.807) is 24.0 Å². The molecule has 2 amide bonds. The van der Waals surface area contributed by atoms with Crippen LogP contribution in [-0.4, -0.2) is 36.6 Å². The quantitative estimate of drug-likeness (QED) is 0.861. The maximum atomic E-state index is 12.3. The molecular formula is C16H18ClN3O3. The molecule has 122 valence electrons. The zero-order valence-corrected chi connectivity index (χ0v) is 13.6. The van der Waals surface area contributed by atoms with Crippen LogP contribution in [0.2, 0.25) is 5.02 Å². The second kappa shape index (κ2) is 7.84. The minimum Gasteiger partial charge on any atom is -0.466 e. The molecule has 1 aliphatic heterocycles. The maximum absolute atomic E-state index is 12.3. The number of nitrogens with zero attached hydrogens (tertiary/aromatic N) is 2. The summed E-state index contributed by atoms with van der Waals surface area (Å²) in [5, 5.41) is 11.9. The van der Waals surface area contributed by atoms with E-state index in [0.717, 1.165) is 12.8 Å². The third-order valence-corrected chi connectivity index (χ3v) is 3.98. The zero-order valence-electron chi connectivity index (χ0n) is 12.8. The smallest absolute Gasteiger partial charge is 0.321 e.